The van der Waals surface area contributed by atoms with Gasteiger partial charge in [-0.25, -0.2) is 0 Å². The van der Waals surface area contributed by atoms with E-state index in [0.717, 1.165) is 12.3 Å². The van der Waals surface area contributed by atoms with Gasteiger partial charge in [0.05, 0.1) is 6.07 Å². The topological polar surface area (TPSA) is 23.8 Å². The average Bonchev–Trinajstić information content (AvgIpc) is 2.18. The van der Waals surface area contributed by atoms with Gasteiger partial charge in [0.25, 0.3) is 0 Å². The fraction of sp³-hybridized carbons (Fsp3) is 0.917. The average molecular weight is 179 g/mol. The molecule has 74 valence electrons. The van der Waals surface area contributed by atoms with Crippen LogP contribution in [0.2, 0.25) is 0 Å². The van der Waals surface area contributed by atoms with E-state index in [1.165, 1.54) is 32.1 Å². The predicted molar refractivity (Wildman–Crippen MR) is 55.1 cm³/mol. The van der Waals surface area contributed by atoms with Gasteiger partial charge >= 0.3 is 0 Å². The summed E-state index contributed by atoms with van der Waals surface area (Å²) in [4.78, 5) is 0. The lowest BCUT2D eigenvalue weighted by atomic mass is 9.72. The van der Waals surface area contributed by atoms with Crippen molar-refractivity contribution in [1.29, 1.82) is 5.26 Å². The van der Waals surface area contributed by atoms with Crippen LogP contribution in [0.25, 0.3) is 0 Å². The van der Waals surface area contributed by atoms with Crippen molar-refractivity contribution in [3.63, 3.8) is 0 Å². The molecule has 0 amide bonds. The zero-order valence-electron chi connectivity index (χ0n) is 8.92. The van der Waals surface area contributed by atoms with E-state index in [-0.39, 0.29) is 0 Å². The van der Waals surface area contributed by atoms with Crippen molar-refractivity contribution >= 4 is 0 Å². The maximum absolute atomic E-state index is 9.03. The predicted octanol–water partition coefficient (Wildman–Crippen LogP) is 3.75. The van der Waals surface area contributed by atoms with Crippen molar-refractivity contribution in [3.8, 4) is 6.07 Å². The summed E-state index contributed by atoms with van der Waals surface area (Å²) in [5, 5.41) is 9.03. The standard InChI is InChI=1S/C12H21N/c1-3-6-10(2)12-8-5-4-7-11(12)9-13/h10-12H,3-8H2,1-2H3. The first-order valence-corrected chi connectivity index (χ1v) is 5.69. The minimum atomic E-state index is 0.357. The SMILES string of the molecule is CCCC(C)C1CCCCC1C#N. The molecule has 1 fully saturated rings. The molecule has 0 spiro atoms. The normalized spacial score (nSPS) is 30.8. The number of nitriles is 1. The highest BCUT2D eigenvalue weighted by atomic mass is 14.4. The fourth-order valence-corrected chi connectivity index (χ4v) is 2.67. The Hall–Kier alpha value is -0.510. The van der Waals surface area contributed by atoms with Crippen LogP contribution in [0.15, 0.2) is 0 Å². The van der Waals surface area contributed by atoms with Crippen LogP contribution in [0, 0.1) is 29.1 Å². The van der Waals surface area contributed by atoms with Crippen LogP contribution in [0.4, 0.5) is 0 Å². The lowest BCUT2D eigenvalue weighted by molar-refractivity contribution is 0.202. The zero-order valence-corrected chi connectivity index (χ0v) is 8.92. The van der Waals surface area contributed by atoms with E-state index in [1.54, 1.807) is 0 Å². The minimum Gasteiger partial charge on any atom is -0.198 e. The molecule has 0 aromatic rings. The van der Waals surface area contributed by atoms with E-state index < -0.39 is 0 Å². The Balaban J connectivity index is 2.49. The molecular weight excluding hydrogens is 158 g/mol. The van der Waals surface area contributed by atoms with Crippen LogP contribution in [0.5, 0.6) is 0 Å². The van der Waals surface area contributed by atoms with Crippen LogP contribution < -0.4 is 0 Å². The molecule has 1 heteroatoms. The summed E-state index contributed by atoms with van der Waals surface area (Å²) in [5.74, 6) is 1.81. The third kappa shape index (κ3) is 2.72. The van der Waals surface area contributed by atoms with E-state index in [1.807, 2.05) is 0 Å². The Morgan fingerprint density at radius 2 is 2.08 bits per heavy atom. The first kappa shape index (κ1) is 10.6. The quantitative estimate of drug-likeness (QED) is 0.647. The molecule has 1 aliphatic carbocycles. The Bertz CT molecular complexity index is 180. The molecule has 1 rings (SSSR count). The molecule has 0 aromatic carbocycles. The summed E-state index contributed by atoms with van der Waals surface area (Å²) < 4.78 is 0. The van der Waals surface area contributed by atoms with Crippen molar-refractivity contribution in [3.05, 3.63) is 0 Å². The van der Waals surface area contributed by atoms with E-state index in [2.05, 4.69) is 19.9 Å². The van der Waals surface area contributed by atoms with Gasteiger partial charge in [-0.15, -0.1) is 0 Å². The van der Waals surface area contributed by atoms with Gasteiger partial charge in [0, 0.05) is 5.92 Å². The highest BCUT2D eigenvalue weighted by molar-refractivity contribution is 4.92. The second-order valence-electron chi connectivity index (χ2n) is 4.45. The number of hydrogen-bond donors (Lipinski definition) is 0. The molecular formula is C12H21N. The van der Waals surface area contributed by atoms with Gasteiger partial charge in [0.15, 0.2) is 0 Å². The maximum Gasteiger partial charge on any atom is 0.0658 e. The van der Waals surface area contributed by atoms with Crippen LogP contribution in [0.1, 0.15) is 52.4 Å². The minimum absolute atomic E-state index is 0.357. The van der Waals surface area contributed by atoms with Crippen molar-refractivity contribution in [1.82, 2.24) is 0 Å². The van der Waals surface area contributed by atoms with E-state index in [9.17, 15) is 0 Å². The van der Waals surface area contributed by atoms with Crippen molar-refractivity contribution in [2.24, 2.45) is 17.8 Å². The van der Waals surface area contributed by atoms with Crippen molar-refractivity contribution < 1.29 is 0 Å². The summed E-state index contributed by atoms with van der Waals surface area (Å²) in [7, 11) is 0. The molecule has 0 heterocycles. The van der Waals surface area contributed by atoms with E-state index in [4.69, 9.17) is 5.26 Å². The lowest BCUT2D eigenvalue weighted by Gasteiger charge is -2.31. The van der Waals surface area contributed by atoms with E-state index in [0.29, 0.717) is 11.8 Å². The molecule has 0 aromatic heterocycles. The van der Waals surface area contributed by atoms with Crippen LogP contribution in [-0.4, -0.2) is 0 Å². The van der Waals surface area contributed by atoms with Gasteiger partial charge in [-0.1, -0.05) is 39.5 Å². The van der Waals surface area contributed by atoms with Gasteiger partial charge < -0.3 is 0 Å². The smallest absolute Gasteiger partial charge is 0.0658 e. The number of hydrogen-bond acceptors (Lipinski definition) is 1. The summed E-state index contributed by atoms with van der Waals surface area (Å²) in [6.45, 7) is 4.56. The summed E-state index contributed by atoms with van der Waals surface area (Å²) in [5.41, 5.74) is 0. The Kier molecular flexibility index (Phi) is 4.28. The van der Waals surface area contributed by atoms with Gasteiger partial charge in [-0.3, -0.25) is 0 Å². The first-order chi connectivity index (χ1) is 6.29. The Morgan fingerprint density at radius 1 is 1.38 bits per heavy atom. The zero-order chi connectivity index (χ0) is 9.68. The first-order valence-electron chi connectivity index (χ1n) is 5.69. The van der Waals surface area contributed by atoms with Crippen LogP contribution in [-0.2, 0) is 0 Å². The van der Waals surface area contributed by atoms with Crippen molar-refractivity contribution in [2.75, 3.05) is 0 Å². The molecule has 3 atom stereocenters. The summed E-state index contributed by atoms with van der Waals surface area (Å²) >= 11 is 0. The monoisotopic (exact) mass is 179 g/mol. The van der Waals surface area contributed by atoms with Crippen LogP contribution >= 0.6 is 0 Å². The molecule has 0 bridgehead atoms. The molecule has 0 aliphatic heterocycles. The van der Waals surface area contributed by atoms with Crippen molar-refractivity contribution in [2.45, 2.75) is 52.4 Å². The molecule has 0 radical (unpaired) electrons. The molecule has 1 aliphatic rings. The highest BCUT2D eigenvalue weighted by Crippen LogP contribution is 2.36. The summed E-state index contributed by atoms with van der Waals surface area (Å²) in [6, 6.07) is 2.49. The Labute approximate surface area is 82.1 Å². The number of rotatable bonds is 3. The Morgan fingerprint density at radius 3 is 2.69 bits per heavy atom. The third-order valence-corrected chi connectivity index (χ3v) is 3.46. The molecule has 13 heavy (non-hydrogen) atoms. The summed E-state index contributed by atoms with van der Waals surface area (Å²) in [6.07, 6.45) is 7.61. The van der Waals surface area contributed by atoms with Crippen LogP contribution in [0.3, 0.4) is 0 Å². The highest BCUT2D eigenvalue weighted by Gasteiger charge is 2.28. The molecule has 0 saturated heterocycles. The fourth-order valence-electron chi connectivity index (χ4n) is 2.67. The molecule has 1 nitrogen and oxygen atoms in total. The van der Waals surface area contributed by atoms with Gasteiger partial charge in [0.1, 0.15) is 0 Å². The van der Waals surface area contributed by atoms with Gasteiger partial charge in [-0.2, -0.15) is 5.26 Å². The lowest BCUT2D eigenvalue weighted by Crippen LogP contribution is -2.24. The molecule has 1 saturated carbocycles. The second kappa shape index (κ2) is 5.27. The third-order valence-electron chi connectivity index (χ3n) is 3.46. The number of nitrogens with zero attached hydrogens (tertiary/aromatic N) is 1. The van der Waals surface area contributed by atoms with Gasteiger partial charge in [-0.05, 0) is 24.7 Å². The van der Waals surface area contributed by atoms with Gasteiger partial charge in [0.2, 0.25) is 0 Å². The molecule has 0 N–H and O–H groups in total. The largest absolute Gasteiger partial charge is 0.198 e. The maximum atomic E-state index is 9.03. The van der Waals surface area contributed by atoms with E-state index >= 15 is 0 Å². The molecule has 3 unspecified atom stereocenters. The second-order valence-corrected chi connectivity index (χ2v) is 4.45.